The monoisotopic (exact) mass is 257 g/mol. The van der Waals surface area contributed by atoms with Crippen LogP contribution in [0.3, 0.4) is 0 Å². The third-order valence-corrected chi connectivity index (χ3v) is 3.83. The summed E-state index contributed by atoms with van der Waals surface area (Å²) in [4.78, 5) is 0.0909. The van der Waals surface area contributed by atoms with Crippen LogP contribution in [0.1, 0.15) is 20.3 Å². The molecular weight excluding hydrogens is 238 g/mol. The lowest BCUT2D eigenvalue weighted by Crippen LogP contribution is -2.42. The first-order chi connectivity index (χ1) is 7.82. The van der Waals surface area contributed by atoms with Crippen molar-refractivity contribution in [3.8, 4) is 0 Å². The molecule has 0 bridgehead atoms. The quantitative estimate of drug-likeness (QED) is 0.729. The Morgan fingerprint density at radius 1 is 1.35 bits per heavy atom. The van der Waals surface area contributed by atoms with Crippen molar-refractivity contribution in [2.45, 2.75) is 30.7 Å². The van der Waals surface area contributed by atoms with E-state index in [1.54, 1.807) is 18.2 Å². The minimum atomic E-state index is -3.73. The van der Waals surface area contributed by atoms with Crippen molar-refractivity contribution in [3.05, 3.63) is 24.3 Å². The van der Waals surface area contributed by atoms with E-state index in [1.807, 2.05) is 13.8 Å². The average Bonchev–Trinajstić information content (AvgIpc) is 2.28. The van der Waals surface area contributed by atoms with E-state index in [4.69, 9.17) is 10.9 Å². The number of hydrogen-bond donors (Lipinski definition) is 3. The minimum Gasteiger partial charge on any atom is -0.378 e. The summed E-state index contributed by atoms with van der Waals surface area (Å²) in [6, 6.07) is 6.55. The maximum Gasteiger partial charge on any atom is 0.240 e. The van der Waals surface area contributed by atoms with Gasteiger partial charge in [0, 0.05) is 12.1 Å². The van der Waals surface area contributed by atoms with Gasteiger partial charge in [0.05, 0.1) is 5.69 Å². The second-order valence-electron chi connectivity index (χ2n) is 4.28. The molecule has 1 atom stereocenters. The molecule has 1 unspecified atom stereocenters. The maximum absolute atomic E-state index is 11.4. The molecule has 0 aliphatic rings. The molecule has 5 N–H and O–H groups in total. The zero-order valence-corrected chi connectivity index (χ0v) is 10.9. The molecule has 1 aromatic carbocycles. The van der Waals surface area contributed by atoms with E-state index in [2.05, 4.69) is 5.32 Å². The largest absolute Gasteiger partial charge is 0.378 e. The zero-order valence-electron chi connectivity index (χ0n) is 10.1. The lowest BCUT2D eigenvalue weighted by atomic mass is 9.99. The molecule has 0 radical (unpaired) electrons. The Morgan fingerprint density at radius 3 is 2.41 bits per heavy atom. The van der Waals surface area contributed by atoms with E-state index < -0.39 is 10.0 Å². The normalized spacial score (nSPS) is 15.3. The SMILES string of the molecule is CCC(C)(CN)Nc1ccccc1S(N)(=O)=O. The van der Waals surface area contributed by atoms with Crippen molar-refractivity contribution in [1.82, 2.24) is 0 Å². The van der Waals surface area contributed by atoms with Crippen LogP contribution in [0, 0.1) is 0 Å². The molecule has 0 fully saturated rings. The Hall–Kier alpha value is -1.11. The highest BCUT2D eigenvalue weighted by molar-refractivity contribution is 7.89. The van der Waals surface area contributed by atoms with Gasteiger partial charge in [-0.05, 0) is 25.5 Å². The van der Waals surface area contributed by atoms with Crippen molar-refractivity contribution in [2.24, 2.45) is 10.9 Å². The minimum absolute atomic E-state index is 0.0909. The van der Waals surface area contributed by atoms with Crippen molar-refractivity contribution in [3.63, 3.8) is 0 Å². The van der Waals surface area contributed by atoms with Crippen molar-refractivity contribution in [1.29, 1.82) is 0 Å². The smallest absolute Gasteiger partial charge is 0.240 e. The topological polar surface area (TPSA) is 98.2 Å². The van der Waals surface area contributed by atoms with Crippen molar-refractivity contribution >= 4 is 15.7 Å². The molecular formula is C11H19N3O2S. The maximum atomic E-state index is 11.4. The highest BCUT2D eigenvalue weighted by Gasteiger charge is 2.22. The molecule has 0 saturated heterocycles. The molecule has 0 heterocycles. The van der Waals surface area contributed by atoms with Crippen LogP contribution in [0.5, 0.6) is 0 Å². The van der Waals surface area contributed by atoms with Gasteiger partial charge in [0.15, 0.2) is 0 Å². The summed E-state index contributed by atoms with van der Waals surface area (Å²) in [5.41, 5.74) is 5.83. The molecule has 0 aromatic heterocycles. The lowest BCUT2D eigenvalue weighted by molar-refractivity contribution is 0.505. The third kappa shape index (κ3) is 3.42. The first-order valence-electron chi connectivity index (χ1n) is 5.42. The molecule has 96 valence electrons. The number of primary sulfonamides is 1. The van der Waals surface area contributed by atoms with Gasteiger partial charge >= 0.3 is 0 Å². The molecule has 5 nitrogen and oxygen atoms in total. The van der Waals surface area contributed by atoms with E-state index >= 15 is 0 Å². The van der Waals surface area contributed by atoms with Gasteiger partial charge in [-0.3, -0.25) is 0 Å². The van der Waals surface area contributed by atoms with E-state index in [0.717, 1.165) is 6.42 Å². The van der Waals surface area contributed by atoms with E-state index in [9.17, 15) is 8.42 Å². The molecule has 1 aromatic rings. The standard InChI is InChI=1S/C11H19N3O2S/c1-3-11(2,8-12)14-9-6-4-5-7-10(9)17(13,15)16/h4-7,14H,3,8,12H2,1-2H3,(H2,13,15,16). The van der Waals surface area contributed by atoms with Crippen LogP contribution < -0.4 is 16.2 Å². The molecule has 0 amide bonds. The number of nitrogens with two attached hydrogens (primary N) is 2. The van der Waals surface area contributed by atoms with Gasteiger partial charge in [0.2, 0.25) is 10.0 Å². The van der Waals surface area contributed by atoms with E-state index in [-0.39, 0.29) is 10.4 Å². The molecule has 0 saturated carbocycles. The lowest BCUT2D eigenvalue weighted by Gasteiger charge is -2.30. The summed E-state index contributed by atoms with van der Waals surface area (Å²) in [5, 5.41) is 8.31. The Kier molecular flexibility index (Phi) is 4.13. The van der Waals surface area contributed by atoms with Gasteiger partial charge < -0.3 is 11.1 Å². The summed E-state index contributed by atoms with van der Waals surface area (Å²) < 4.78 is 22.8. The molecule has 0 aliphatic heterocycles. The fourth-order valence-electron chi connectivity index (χ4n) is 1.43. The van der Waals surface area contributed by atoms with Gasteiger partial charge in [-0.15, -0.1) is 0 Å². The third-order valence-electron chi connectivity index (χ3n) is 2.86. The average molecular weight is 257 g/mol. The van der Waals surface area contributed by atoms with Crippen molar-refractivity contribution in [2.75, 3.05) is 11.9 Å². The summed E-state index contributed by atoms with van der Waals surface area (Å²) in [7, 11) is -3.73. The van der Waals surface area contributed by atoms with Gasteiger partial charge in [0.1, 0.15) is 4.90 Å². The molecule has 1 rings (SSSR count). The van der Waals surface area contributed by atoms with Crippen molar-refractivity contribution < 1.29 is 8.42 Å². The van der Waals surface area contributed by atoms with Gasteiger partial charge in [-0.25, -0.2) is 13.6 Å². The number of hydrogen-bond acceptors (Lipinski definition) is 4. The van der Waals surface area contributed by atoms with Gasteiger partial charge in [-0.2, -0.15) is 0 Å². The number of anilines is 1. The van der Waals surface area contributed by atoms with E-state index in [0.29, 0.717) is 12.2 Å². The summed E-state index contributed by atoms with van der Waals surface area (Å²) >= 11 is 0. The fraction of sp³-hybridized carbons (Fsp3) is 0.455. The molecule has 6 heteroatoms. The van der Waals surface area contributed by atoms with Crippen LogP contribution in [-0.4, -0.2) is 20.5 Å². The van der Waals surface area contributed by atoms with Crippen LogP contribution in [0.4, 0.5) is 5.69 Å². The fourth-order valence-corrected chi connectivity index (χ4v) is 2.12. The predicted octanol–water partition coefficient (Wildman–Crippen LogP) is 0.873. The second-order valence-corrected chi connectivity index (χ2v) is 5.81. The van der Waals surface area contributed by atoms with Crippen LogP contribution >= 0.6 is 0 Å². The van der Waals surface area contributed by atoms with Gasteiger partial charge in [0.25, 0.3) is 0 Å². The van der Waals surface area contributed by atoms with Crippen LogP contribution in [0.25, 0.3) is 0 Å². The Labute approximate surface area is 102 Å². The number of nitrogens with one attached hydrogen (secondary N) is 1. The molecule has 17 heavy (non-hydrogen) atoms. The van der Waals surface area contributed by atoms with Crippen LogP contribution in [-0.2, 0) is 10.0 Å². The first-order valence-corrected chi connectivity index (χ1v) is 6.97. The Morgan fingerprint density at radius 2 is 1.94 bits per heavy atom. The zero-order chi connectivity index (χ0) is 13.1. The highest BCUT2D eigenvalue weighted by Crippen LogP contribution is 2.24. The Balaban J connectivity index is 3.16. The first kappa shape index (κ1) is 14.0. The molecule has 0 spiro atoms. The van der Waals surface area contributed by atoms with Gasteiger partial charge in [-0.1, -0.05) is 19.1 Å². The highest BCUT2D eigenvalue weighted by atomic mass is 32.2. The Bertz CT molecular complexity index is 481. The van der Waals surface area contributed by atoms with Crippen LogP contribution in [0.2, 0.25) is 0 Å². The summed E-state index contributed by atoms with van der Waals surface area (Å²) in [6.45, 7) is 4.33. The van der Waals surface area contributed by atoms with Crippen LogP contribution in [0.15, 0.2) is 29.2 Å². The number of sulfonamides is 1. The number of rotatable bonds is 5. The molecule has 0 aliphatic carbocycles. The number of benzene rings is 1. The summed E-state index contributed by atoms with van der Waals surface area (Å²) in [6.07, 6.45) is 0.780. The second kappa shape index (κ2) is 5.03. The predicted molar refractivity (Wildman–Crippen MR) is 69.2 cm³/mol. The number of para-hydroxylation sites is 1. The van der Waals surface area contributed by atoms with E-state index in [1.165, 1.54) is 6.07 Å². The summed E-state index contributed by atoms with van der Waals surface area (Å²) in [5.74, 6) is 0.